The molecule has 0 rings (SSSR count). The molecule has 0 aliphatic heterocycles. The van der Waals surface area contributed by atoms with Crippen LogP contribution in [0.2, 0.25) is 0 Å². The van der Waals surface area contributed by atoms with Gasteiger partial charge in [0.15, 0.2) is 5.78 Å². The Morgan fingerprint density at radius 2 is 1.40 bits per heavy atom. The fourth-order valence-electron chi connectivity index (χ4n) is 1.28. The van der Waals surface area contributed by atoms with Crippen molar-refractivity contribution in [3.05, 3.63) is 0 Å². The van der Waals surface area contributed by atoms with Gasteiger partial charge in [0, 0.05) is 5.41 Å². The smallest absolute Gasteiger partial charge is 0.325 e. The first-order valence-electron chi connectivity index (χ1n) is 4.80. The van der Waals surface area contributed by atoms with Crippen LogP contribution in [0.4, 0.5) is 0 Å². The Hall–Kier alpha value is -1.39. The highest BCUT2D eigenvalue weighted by Gasteiger charge is 2.42. The topological polar surface area (TPSA) is 91.7 Å². The maximum atomic E-state index is 11.7. The van der Waals surface area contributed by atoms with E-state index in [9.17, 15) is 14.4 Å². The number of hydrogen-bond acceptors (Lipinski definition) is 3. The molecule has 15 heavy (non-hydrogen) atoms. The number of Topliss-reactive ketones (excluding diaryl/α,β-unsaturated/α-hetero) is 1. The minimum atomic E-state index is -1.95. The number of carboxylic acid groups (broad SMARTS) is 2. The van der Waals surface area contributed by atoms with Crippen LogP contribution in [0.15, 0.2) is 0 Å². The fraction of sp³-hybridized carbons (Fsp3) is 0.700. The third-order valence-electron chi connectivity index (χ3n) is 2.91. The number of ketones is 1. The van der Waals surface area contributed by atoms with Crippen molar-refractivity contribution in [1.82, 2.24) is 0 Å². The Morgan fingerprint density at radius 3 is 1.60 bits per heavy atom. The van der Waals surface area contributed by atoms with E-state index in [1.807, 2.05) is 0 Å². The summed E-state index contributed by atoms with van der Waals surface area (Å²) in [6.45, 7) is 5.07. The van der Waals surface area contributed by atoms with E-state index < -0.39 is 29.1 Å². The third-order valence-corrected chi connectivity index (χ3v) is 2.91. The average molecular weight is 216 g/mol. The summed E-state index contributed by atoms with van der Waals surface area (Å²) in [4.78, 5) is 33.1. The molecule has 0 unspecified atom stereocenters. The van der Waals surface area contributed by atoms with E-state index in [4.69, 9.17) is 10.2 Å². The molecule has 0 bridgehead atoms. The van der Waals surface area contributed by atoms with Gasteiger partial charge >= 0.3 is 11.9 Å². The summed E-state index contributed by atoms with van der Waals surface area (Å²) in [5.41, 5.74) is -0.874. The molecule has 0 amide bonds. The van der Waals surface area contributed by atoms with E-state index in [1.54, 1.807) is 20.8 Å². The second-order valence-corrected chi connectivity index (χ2v) is 3.74. The van der Waals surface area contributed by atoms with Crippen LogP contribution < -0.4 is 0 Å². The predicted molar refractivity (Wildman–Crippen MR) is 52.5 cm³/mol. The molecule has 0 aromatic rings. The minimum Gasteiger partial charge on any atom is -0.480 e. The van der Waals surface area contributed by atoms with Gasteiger partial charge in [-0.05, 0) is 12.8 Å². The molecule has 86 valence electrons. The molecule has 5 nitrogen and oxygen atoms in total. The van der Waals surface area contributed by atoms with Crippen molar-refractivity contribution in [3.8, 4) is 0 Å². The lowest BCUT2D eigenvalue weighted by Gasteiger charge is -2.26. The van der Waals surface area contributed by atoms with Crippen molar-refractivity contribution in [2.24, 2.45) is 11.3 Å². The van der Waals surface area contributed by atoms with Crippen molar-refractivity contribution in [1.29, 1.82) is 0 Å². The van der Waals surface area contributed by atoms with Gasteiger partial charge in [0.1, 0.15) is 0 Å². The SMILES string of the molecule is CCC(C)(CC)C(=O)C(C(=O)O)C(=O)O. The maximum absolute atomic E-state index is 11.7. The lowest BCUT2D eigenvalue weighted by molar-refractivity contribution is -0.160. The zero-order chi connectivity index (χ0) is 12.2. The van der Waals surface area contributed by atoms with Gasteiger partial charge in [-0.25, -0.2) is 0 Å². The van der Waals surface area contributed by atoms with Gasteiger partial charge < -0.3 is 10.2 Å². The van der Waals surface area contributed by atoms with Crippen LogP contribution in [0.25, 0.3) is 0 Å². The largest absolute Gasteiger partial charge is 0.480 e. The summed E-state index contributed by atoms with van der Waals surface area (Å²) < 4.78 is 0. The molecule has 0 saturated carbocycles. The molecule has 0 aromatic carbocycles. The van der Waals surface area contributed by atoms with E-state index in [0.717, 1.165) is 0 Å². The van der Waals surface area contributed by atoms with Gasteiger partial charge in [-0.3, -0.25) is 14.4 Å². The molecule has 0 atom stereocenters. The van der Waals surface area contributed by atoms with E-state index in [2.05, 4.69) is 0 Å². The standard InChI is InChI=1S/C10H16O5/c1-4-10(3,5-2)7(11)6(8(12)13)9(14)15/h6H,4-5H2,1-3H3,(H,12,13)(H,14,15). The van der Waals surface area contributed by atoms with E-state index >= 15 is 0 Å². The molecular weight excluding hydrogens is 200 g/mol. The van der Waals surface area contributed by atoms with Gasteiger partial charge in [0.2, 0.25) is 5.92 Å². The molecular formula is C10H16O5. The number of carbonyl (C=O) groups excluding carboxylic acids is 1. The third kappa shape index (κ3) is 2.78. The first-order valence-corrected chi connectivity index (χ1v) is 4.80. The number of hydrogen-bond donors (Lipinski definition) is 2. The first kappa shape index (κ1) is 13.6. The molecule has 0 aliphatic carbocycles. The summed E-state index contributed by atoms with van der Waals surface area (Å²) in [6.07, 6.45) is 0.860. The van der Waals surface area contributed by atoms with Gasteiger partial charge in [-0.2, -0.15) is 0 Å². The lowest BCUT2D eigenvalue weighted by Crippen LogP contribution is -2.41. The molecule has 0 saturated heterocycles. The monoisotopic (exact) mass is 216 g/mol. The van der Waals surface area contributed by atoms with Gasteiger partial charge in [-0.1, -0.05) is 20.8 Å². The minimum absolute atomic E-state index is 0.430. The molecule has 0 aromatic heterocycles. The van der Waals surface area contributed by atoms with Crippen LogP contribution in [-0.4, -0.2) is 27.9 Å². The Morgan fingerprint density at radius 1 is 1.07 bits per heavy atom. The summed E-state index contributed by atoms with van der Waals surface area (Å²) >= 11 is 0. The lowest BCUT2D eigenvalue weighted by atomic mass is 9.75. The van der Waals surface area contributed by atoms with Crippen LogP contribution in [-0.2, 0) is 14.4 Å². The maximum Gasteiger partial charge on any atom is 0.325 e. The highest BCUT2D eigenvalue weighted by atomic mass is 16.4. The van der Waals surface area contributed by atoms with E-state index in [0.29, 0.717) is 12.8 Å². The van der Waals surface area contributed by atoms with Crippen LogP contribution in [0.3, 0.4) is 0 Å². The van der Waals surface area contributed by atoms with Crippen molar-refractivity contribution in [2.75, 3.05) is 0 Å². The second-order valence-electron chi connectivity index (χ2n) is 3.74. The normalized spacial score (nSPS) is 11.5. The quantitative estimate of drug-likeness (QED) is 0.650. The zero-order valence-corrected chi connectivity index (χ0v) is 9.11. The zero-order valence-electron chi connectivity index (χ0n) is 9.11. The molecule has 0 heterocycles. The molecule has 0 fully saturated rings. The molecule has 0 spiro atoms. The molecule has 5 heteroatoms. The highest BCUT2D eigenvalue weighted by molar-refractivity contribution is 6.15. The van der Waals surface area contributed by atoms with E-state index in [-0.39, 0.29) is 0 Å². The van der Waals surface area contributed by atoms with Crippen molar-refractivity contribution >= 4 is 17.7 Å². The van der Waals surface area contributed by atoms with E-state index in [1.165, 1.54) is 0 Å². The number of aliphatic carboxylic acids is 2. The van der Waals surface area contributed by atoms with Crippen LogP contribution >= 0.6 is 0 Å². The van der Waals surface area contributed by atoms with Gasteiger partial charge in [0.25, 0.3) is 0 Å². The molecule has 0 aliphatic rings. The summed E-state index contributed by atoms with van der Waals surface area (Å²) in [5, 5.41) is 17.3. The van der Waals surface area contributed by atoms with Gasteiger partial charge in [-0.15, -0.1) is 0 Å². The highest BCUT2D eigenvalue weighted by Crippen LogP contribution is 2.30. The van der Waals surface area contributed by atoms with Gasteiger partial charge in [0.05, 0.1) is 0 Å². The van der Waals surface area contributed by atoms with Crippen LogP contribution in [0.5, 0.6) is 0 Å². The number of carboxylic acids is 2. The summed E-state index contributed by atoms with van der Waals surface area (Å²) in [5.74, 6) is -5.87. The Balaban J connectivity index is 5.10. The van der Waals surface area contributed by atoms with Crippen LogP contribution in [0, 0.1) is 11.3 Å². The Labute approximate surface area is 88.1 Å². The first-order chi connectivity index (χ1) is 6.80. The van der Waals surface area contributed by atoms with Crippen molar-refractivity contribution in [3.63, 3.8) is 0 Å². The number of rotatable bonds is 6. The average Bonchev–Trinajstić information content (AvgIpc) is 2.15. The summed E-state index contributed by atoms with van der Waals surface area (Å²) in [7, 11) is 0. The molecule has 0 radical (unpaired) electrons. The molecule has 2 N–H and O–H groups in total. The Bertz CT molecular complexity index is 264. The predicted octanol–water partition coefficient (Wildman–Crippen LogP) is 1.17. The fourth-order valence-corrected chi connectivity index (χ4v) is 1.28. The Kier molecular flexibility index (Phi) is 4.45. The number of carbonyl (C=O) groups is 3. The second kappa shape index (κ2) is 4.91. The van der Waals surface area contributed by atoms with Crippen molar-refractivity contribution in [2.45, 2.75) is 33.6 Å². The van der Waals surface area contributed by atoms with Crippen molar-refractivity contribution < 1.29 is 24.6 Å². The summed E-state index contributed by atoms with van der Waals surface area (Å²) in [6, 6.07) is 0. The van der Waals surface area contributed by atoms with Crippen LogP contribution in [0.1, 0.15) is 33.6 Å².